The van der Waals surface area contributed by atoms with Gasteiger partial charge in [0.2, 0.25) is 11.8 Å². The normalized spacial score (nSPS) is 18.8. The Morgan fingerprint density at radius 2 is 2.04 bits per heavy atom. The van der Waals surface area contributed by atoms with Gasteiger partial charge in [-0.2, -0.15) is 0 Å². The lowest BCUT2D eigenvalue weighted by Crippen LogP contribution is -2.36. The molecule has 0 spiro atoms. The van der Waals surface area contributed by atoms with Gasteiger partial charge in [0.15, 0.2) is 0 Å². The van der Waals surface area contributed by atoms with Crippen LogP contribution in [0.4, 0.5) is 0 Å². The van der Waals surface area contributed by atoms with Gasteiger partial charge in [-0.15, -0.1) is 11.8 Å². The summed E-state index contributed by atoms with van der Waals surface area (Å²) in [4.78, 5) is 37.6. The van der Waals surface area contributed by atoms with Crippen molar-refractivity contribution < 1.29 is 19.5 Å². The number of thioether (sulfide) groups is 1. The third kappa shape index (κ3) is 4.48. The molecule has 1 fully saturated rings. The van der Waals surface area contributed by atoms with Crippen LogP contribution >= 0.6 is 11.8 Å². The number of rotatable bonds is 6. The zero-order valence-electron chi connectivity index (χ0n) is 13.1. The lowest BCUT2D eigenvalue weighted by Gasteiger charge is -2.20. The van der Waals surface area contributed by atoms with Gasteiger partial charge in [-0.1, -0.05) is 12.1 Å². The first kappa shape index (κ1) is 17.3. The van der Waals surface area contributed by atoms with Crippen molar-refractivity contribution in [3.63, 3.8) is 0 Å². The van der Waals surface area contributed by atoms with E-state index in [1.165, 1.54) is 4.90 Å². The zero-order valence-corrected chi connectivity index (χ0v) is 13.9. The number of benzene rings is 1. The molecule has 2 N–H and O–H groups in total. The number of hydrogen-bond donors (Lipinski definition) is 2. The van der Waals surface area contributed by atoms with E-state index in [0.29, 0.717) is 6.54 Å². The van der Waals surface area contributed by atoms with Crippen LogP contribution in [0, 0.1) is 5.92 Å². The Balaban J connectivity index is 2.10. The lowest BCUT2D eigenvalue weighted by atomic mass is 10.0. The number of carbonyl (C=O) groups excluding carboxylic acids is 2. The van der Waals surface area contributed by atoms with Crippen LogP contribution in [0.25, 0.3) is 0 Å². The number of aliphatic carboxylic acids is 1. The summed E-state index contributed by atoms with van der Waals surface area (Å²) in [5.41, 5.74) is 0.747. The predicted octanol–water partition coefficient (Wildman–Crippen LogP) is 1.52. The summed E-state index contributed by atoms with van der Waals surface area (Å²) in [6.07, 6.45) is 1.94. The van der Waals surface area contributed by atoms with Gasteiger partial charge >= 0.3 is 5.97 Å². The Kier molecular flexibility index (Phi) is 5.65. The first-order chi connectivity index (χ1) is 10.9. The van der Waals surface area contributed by atoms with Crippen LogP contribution in [0.15, 0.2) is 29.2 Å². The number of hydrogen-bond acceptors (Lipinski definition) is 4. The van der Waals surface area contributed by atoms with E-state index in [9.17, 15) is 14.4 Å². The van der Waals surface area contributed by atoms with Crippen LogP contribution in [0.2, 0.25) is 0 Å². The highest BCUT2D eigenvalue weighted by molar-refractivity contribution is 7.98. The van der Waals surface area contributed by atoms with Crippen LogP contribution in [0.3, 0.4) is 0 Å². The minimum Gasteiger partial charge on any atom is -0.481 e. The molecule has 1 aromatic rings. The van der Waals surface area contributed by atoms with Gasteiger partial charge in [-0.3, -0.25) is 14.4 Å². The van der Waals surface area contributed by atoms with Gasteiger partial charge in [0.1, 0.15) is 0 Å². The summed E-state index contributed by atoms with van der Waals surface area (Å²) in [6, 6.07) is 6.84. The highest BCUT2D eigenvalue weighted by Crippen LogP contribution is 2.23. The summed E-state index contributed by atoms with van der Waals surface area (Å²) in [7, 11) is 1.66. The average Bonchev–Trinajstić information content (AvgIpc) is 2.86. The van der Waals surface area contributed by atoms with Crippen LogP contribution in [0.1, 0.15) is 24.4 Å². The molecule has 1 aliphatic heterocycles. The molecule has 1 aliphatic rings. The summed E-state index contributed by atoms with van der Waals surface area (Å²) in [5, 5.41) is 11.9. The van der Waals surface area contributed by atoms with E-state index in [4.69, 9.17) is 5.11 Å². The number of amides is 2. The topological polar surface area (TPSA) is 86.7 Å². The van der Waals surface area contributed by atoms with Crippen molar-refractivity contribution in [1.82, 2.24) is 10.2 Å². The van der Waals surface area contributed by atoms with E-state index in [2.05, 4.69) is 5.32 Å². The van der Waals surface area contributed by atoms with Crippen molar-refractivity contribution in [1.29, 1.82) is 0 Å². The van der Waals surface area contributed by atoms with Crippen LogP contribution in [-0.2, 0) is 14.4 Å². The molecule has 2 rings (SSSR count). The summed E-state index contributed by atoms with van der Waals surface area (Å²) in [6.45, 7) is 0.371. The minimum absolute atomic E-state index is 0.0655. The molecule has 0 aliphatic carbocycles. The third-order valence-electron chi connectivity index (χ3n) is 3.93. The van der Waals surface area contributed by atoms with Crippen LogP contribution in [0.5, 0.6) is 0 Å². The second-order valence-electron chi connectivity index (χ2n) is 5.61. The van der Waals surface area contributed by atoms with E-state index >= 15 is 0 Å². The number of carboxylic acid groups (broad SMARTS) is 1. The Hall–Kier alpha value is -2.02. The molecule has 0 aromatic heterocycles. The summed E-state index contributed by atoms with van der Waals surface area (Å²) < 4.78 is 0. The fourth-order valence-electron chi connectivity index (χ4n) is 2.59. The summed E-state index contributed by atoms with van der Waals surface area (Å²) in [5.74, 6) is -1.75. The van der Waals surface area contributed by atoms with Crippen molar-refractivity contribution in [3.8, 4) is 0 Å². The molecule has 2 amide bonds. The Morgan fingerprint density at radius 1 is 1.39 bits per heavy atom. The Morgan fingerprint density at radius 3 is 2.52 bits per heavy atom. The molecule has 1 saturated heterocycles. The molecule has 124 valence electrons. The van der Waals surface area contributed by atoms with Crippen molar-refractivity contribution in [2.24, 2.45) is 5.92 Å². The highest BCUT2D eigenvalue weighted by atomic mass is 32.2. The molecule has 2 atom stereocenters. The molecular weight excluding hydrogens is 316 g/mol. The zero-order chi connectivity index (χ0) is 17.0. The maximum absolute atomic E-state index is 12.3. The van der Waals surface area contributed by atoms with Crippen molar-refractivity contribution >= 4 is 29.5 Å². The molecule has 0 radical (unpaired) electrons. The van der Waals surface area contributed by atoms with Gasteiger partial charge in [-0.25, -0.2) is 0 Å². The lowest BCUT2D eigenvalue weighted by molar-refractivity contribution is -0.138. The standard InChI is InChI=1S/C16H20N2O4S/c1-18-9-11(7-14(18)19)16(22)17-13(8-15(20)21)10-3-5-12(23-2)6-4-10/h3-6,11,13H,7-9H2,1-2H3,(H,17,22)(H,20,21). The molecule has 2 unspecified atom stereocenters. The van der Waals surface area contributed by atoms with Crippen LogP contribution in [-0.4, -0.2) is 47.6 Å². The van der Waals surface area contributed by atoms with Gasteiger partial charge in [0, 0.05) is 24.9 Å². The molecule has 0 bridgehead atoms. The maximum Gasteiger partial charge on any atom is 0.305 e. The largest absolute Gasteiger partial charge is 0.481 e. The number of likely N-dealkylation sites (tertiary alicyclic amines) is 1. The molecule has 1 heterocycles. The van der Waals surface area contributed by atoms with Gasteiger partial charge in [0.25, 0.3) is 0 Å². The van der Waals surface area contributed by atoms with E-state index < -0.39 is 17.9 Å². The fourth-order valence-corrected chi connectivity index (χ4v) is 3.00. The van der Waals surface area contributed by atoms with Crippen molar-refractivity contribution in [3.05, 3.63) is 29.8 Å². The van der Waals surface area contributed by atoms with Crippen LogP contribution < -0.4 is 5.32 Å². The van der Waals surface area contributed by atoms with E-state index in [1.54, 1.807) is 18.8 Å². The predicted molar refractivity (Wildman–Crippen MR) is 87.1 cm³/mol. The van der Waals surface area contributed by atoms with Gasteiger partial charge < -0.3 is 15.3 Å². The fraction of sp³-hybridized carbons (Fsp3) is 0.438. The molecule has 7 heteroatoms. The first-order valence-electron chi connectivity index (χ1n) is 7.30. The first-order valence-corrected chi connectivity index (χ1v) is 8.53. The maximum atomic E-state index is 12.3. The number of nitrogens with zero attached hydrogens (tertiary/aromatic N) is 1. The average molecular weight is 336 g/mol. The van der Waals surface area contributed by atoms with E-state index in [-0.39, 0.29) is 24.7 Å². The SMILES string of the molecule is CSc1ccc(C(CC(=O)O)NC(=O)C2CC(=O)N(C)C2)cc1. The highest BCUT2D eigenvalue weighted by Gasteiger charge is 2.33. The third-order valence-corrected chi connectivity index (χ3v) is 4.67. The monoisotopic (exact) mass is 336 g/mol. The molecule has 0 saturated carbocycles. The Labute approximate surface area is 139 Å². The number of carbonyl (C=O) groups is 3. The second kappa shape index (κ2) is 7.50. The smallest absolute Gasteiger partial charge is 0.305 e. The molecule has 23 heavy (non-hydrogen) atoms. The summed E-state index contributed by atoms with van der Waals surface area (Å²) >= 11 is 1.59. The van der Waals surface area contributed by atoms with Crippen molar-refractivity contribution in [2.45, 2.75) is 23.8 Å². The number of carboxylic acids is 1. The Bertz CT molecular complexity index is 603. The van der Waals surface area contributed by atoms with E-state index in [0.717, 1.165) is 10.5 Å². The molecule has 6 nitrogen and oxygen atoms in total. The molecule has 1 aromatic carbocycles. The molecular formula is C16H20N2O4S. The second-order valence-corrected chi connectivity index (χ2v) is 6.49. The van der Waals surface area contributed by atoms with Gasteiger partial charge in [0.05, 0.1) is 18.4 Å². The van der Waals surface area contributed by atoms with Gasteiger partial charge in [-0.05, 0) is 24.0 Å². The quantitative estimate of drug-likeness (QED) is 0.769. The van der Waals surface area contributed by atoms with E-state index in [1.807, 2.05) is 30.5 Å². The minimum atomic E-state index is -0.983. The number of nitrogens with one attached hydrogen (secondary N) is 1. The van der Waals surface area contributed by atoms with Crippen molar-refractivity contribution in [2.75, 3.05) is 19.8 Å².